The smallest absolute Gasteiger partial charge is 0.146 e. The Bertz CT molecular complexity index is 419. The molecular weight excluding hydrogens is 236 g/mol. The molecule has 0 spiro atoms. The number of ketones is 1. The molecule has 1 heterocycles. The first-order valence-corrected chi connectivity index (χ1v) is 7.37. The predicted molar refractivity (Wildman–Crippen MR) is 76.9 cm³/mol. The lowest BCUT2D eigenvalue weighted by atomic mass is 9.70. The topological polar surface area (TPSA) is 56.0 Å². The van der Waals surface area contributed by atoms with E-state index in [2.05, 4.69) is 18.0 Å². The van der Waals surface area contributed by atoms with Gasteiger partial charge < -0.3 is 5.73 Å². The zero-order valence-electron chi connectivity index (χ0n) is 11.8. The number of carbonyl (C=O) groups excluding carboxylic acids is 1. The van der Waals surface area contributed by atoms with Gasteiger partial charge in [-0.05, 0) is 30.9 Å². The molecule has 1 aromatic rings. The normalized spacial score (nSPS) is 18.2. The number of hydrogen-bond acceptors (Lipinski definition) is 3. The molecule has 0 aromatic carbocycles. The number of Topliss-reactive ketones (excluding diaryl/α,β-unsaturated/α-hetero) is 1. The molecule has 0 aliphatic heterocycles. The zero-order chi connectivity index (χ0) is 13.7. The first kappa shape index (κ1) is 14.2. The van der Waals surface area contributed by atoms with E-state index in [9.17, 15) is 4.79 Å². The van der Waals surface area contributed by atoms with E-state index in [4.69, 9.17) is 5.73 Å². The molecule has 1 aliphatic rings. The fourth-order valence-corrected chi connectivity index (χ4v) is 2.95. The van der Waals surface area contributed by atoms with Crippen LogP contribution in [0.15, 0.2) is 18.3 Å². The third-order valence-corrected chi connectivity index (χ3v) is 4.43. The first-order valence-electron chi connectivity index (χ1n) is 7.37. The summed E-state index contributed by atoms with van der Waals surface area (Å²) >= 11 is 0. The molecule has 2 rings (SSSR count). The van der Waals surface area contributed by atoms with Gasteiger partial charge in [-0.2, -0.15) is 0 Å². The van der Waals surface area contributed by atoms with Gasteiger partial charge in [-0.25, -0.2) is 0 Å². The van der Waals surface area contributed by atoms with Crippen molar-refractivity contribution in [3.05, 3.63) is 29.6 Å². The van der Waals surface area contributed by atoms with Crippen molar-refractivity contribution in [2.24, 2.45) is 11.1 Å². The van der Waals surface area contributed by atoms with Gasteiger partial charge in [-0.15, -0.1) is 0 Å². The molecular formula is C16H24N2O. The maximum absolute atomic E-state index is 12.6. The molecule has 3 nitrogen and oxygen atoms in total. The molecule has 1 aromatic heterocycles. The molecule has 1 fully saturated rings. The molecule has 0 atom stereocenters. The second kappa shape index (κ2) is 6.29. The Morgan fingerprint density at radius 3 is 2.58 bits per heavy atom. The molecule has 19 heavy (non-hydrogen) atoms. The van der Waals surface area contributed by atoms with Crippen LogP contribution in [0, 0.1) is 5.41 Å². The summed E-state index contributed by atoms with van der Waals surface area (Å²) < 4.78 is 0. The van der Waals surface area contributed by atoms with Crippen molar-refractivity contribution in [2.75, 3.05) is 6.54 Å². The molecule has 0 unspecified atom stereocenters. The Hall–Kier alpha value is -1.22. The van der Waals surface area contributed by atoms with Crippen LogP contribution in [-0.4, -0.2) is 17.3 Å². The van der Waals surface area contributed by atoms with Crippen molar-refractivity contribution < 1.29 is 4.79 Å². The van der Waals surface area contributed by atoms with E-state index in [0.717, 1.165) is 37.8 Å². The molecule has 2 N–H and O–H groups in total. The van der Waals surface area contributed by atoms with Crippen LogP contribution in [0.1, 0.15) is 50.3 Å². The maximum atomic E-state index is 12.6. The Morgan fingerprint density at radius 2 is 2.05 bits per heavy atom. The van der Waals surface area contributed by atoms with Crippen LogP contribution in [0.25, 0.3) is 0 Å². The summed E-state index contributed by atoms with van der Waals surface area (Å²) in [7, 11) is 0. The molecule has 0 saturated heterocycles. The van der Waals surface area contributed by atoms with Gasteiger partial charge in [0, 0.05) is 30.3 Å². The van der Waals surface area contributed by atoms with Gasteiger partial charge in [-0.3, -0.25) is 9.78 Å². The monoisotopic (exact) mass is 260 g/mol. The van der Waals surface area contributed by atoms with Crippen molar-refractivity contribution in [3.63, 3.8) is 0 Å². The largest absolute Gasteiger partial charge is 0.329 e. The Balaban J connectivity index is 2.05. The second-order valence-corrected chi connectivity index (χ2v) is 5.66. The highest BCUT2D eigenvalue weighted by Gasteiger charge is 2.37. The van der Waals surface area contributed by atoms with Gasteiger partial charge in [0.2, 0.25) is 0 Å². The SMILES string of the molecule is CCc1ccc(CC(=O)C2(CN)CCCCC2)nc1. The minimum atomic E-state index is -0.274. The number of hydrogen-bond donors (Lipinski definition) is 1. The summed E-state index contributed by atoms with van der Waals surface area (Å²) in [5, 5.41) is 0. The molecule has 0 amide bonds. The maximum Gasteiger partial charge on any atom is 0.146 e. The first-order chi connectivity index (χ1) is 9.20. The third-order valence-electron chi connectivity index (χ3n) is 4.43. The summed E-state index contributed by atoms with van der Waals surface area (Å²) in [5.74, 6) is 0.284. The van der Waals surface area contributed by atoms with Crippen molar-refractivity contribution in [3.8, 4) is 0 Å². The van der Waals surface area contributed by atoms with E-state index in [1.807, 2.05) is 12.3 Å². The van der Waals surface area contributed by atoms with Gasteiger partial charge >= 0.3 is 0 Å². The van der Waals surface area contributed by atoms with Crippen molar-refractivity contribution >= 4 is 5.78 Å². The van der Waals surface area contributed by atoms with Crippen LogP contribution in [0.2, 0.25) is 0 Å². The zero-order valence-corrected chi connectivity index (χ0v) is 11.8. The highest BCUT2D eigenvalue weighted by molar-refractivity contribution is 5.86. The van der Waals surface area contributed by atoms with Gasteiger partial charge in [0.25, 0.3) is 0 Å². The number of nitrogens with two attached hydrogens (primary N) is 1. The van der Waals surface area contributed by atoms with Gasteiger partial charge in [0.1, 0.15) is 5.78 Å². The average molecular weight is 260 g/mol. The molecule has 0 radical (unpaired) electrons. The van der Waals surface area contributed by atoms with Crippen LogP contribution >= 0.6 is 0 Å². The number of aryl methyl sites for hydroxylation is 1. The summed E-state index contributed by atoms with van der Waals surface area (Å²) in [6, 6.07) is 4.04. The van der Waals surface area contributed by atoms with E-state index in [1.165, 1.54) is 12.0 Å². The predicted octanol–water partition coefficient (Wildman–Crippen LogP) is 2.66. The Labute approximate surface area is 115 Å². The molecule has 1 saturated carbocycles. The number of carbonyl (C=O) groups is 1. The van der Waals surface area contributed by atoms with E-state index in [1.54, 1.807) is 0 Å². The molecule has 104 valence electrons. The minimum absolute atomic E-state index is 0.274. The van der Waals surface area contributed by atoms with Gasteiger partial charge in [-0.1, -0.05) is 32.3 Å². The quantitative estimate of drug-likeness (QED) is 0.885. The summed E-state index contributed by atoms with van der Waals surface area (Å²) in [6.07, 6.45) is 8.69. The average Bonchev–Trinajstić information content (AvgIpc) is 2.48. The van der Waals surface area contributed by atoms with E-state index < -0.39 is 0 Å². The Morgan fingerprint density at radius 1 is 1.32 bits per heavy atom. The van der Waals surface area contributed by atoms with Crippen molar-refractivity contribution in [1.29, 1.82) is 0 Å². The van der Waals surface area contributed by atoms with E-state index >= 15 is 0 Å². The second-order valence-electron chi connectivity index (χ2n) is 5.66. The highest BCUT2D eigenvalue weighted by atomic mass is 16.1. The lowest BCUT2D eigenvalue weighted by Gasteiger charge is -2.34. The van der Waals surface area contributed by atoms with Crippen LogP contribution in [0.4, 0.5) is 0 Å². The highest BCUT2D eigenvalue weighted by Crippen LogP contribution is 2.36. The Kier molecular flexibility index (Phi) is 4.70. The van der Waals surface area contributed by atoms with Crippen molar-refractivity contribution in [1.82, 2.24) is 4.98 Å². The molecule has 3 heteroatoms. The van der Waals surface area contributed by atoms with Crippen LogP contribution in [0.3, 0.4) is 0 Å². The van der Waals surface area contributed by atoms with Crippen molar-refractivity contribution in [2.45, 2.75) is 51.9 Å². The lowest BCUT2D eigenvalue weighted by molar-refractivity contribution is -0.129. The molecule has 1 aliphatic carbocycles. The van der Waals surface area contributed by atoms with Gasteiger partial charge in [0.05, 0.1) is 0 Å². The standard InChI is InChI=1S/C16H24N2O/c1-2-13-6-7-14(18-11-13)10-15(19)16(12-17)8-4-3-5-9-16/h6-7,11H,2-5,8-10,12,17H2,1H3. The summed E-state index contributed by atoms with van der Waals surface area (Å²) in [4.78, 5) is 16.9. The minimum Gasteiger partial charge on any atom is -0.329 e. The fourth-order valence-electron chi connectivity index (χ4n) is 2.95. The van der Waals surface area contributed by atoms with Crippen LogP contribution < -0.4 is 5.73 Å². The number of aromatic nitrogens is 1. The van der Waals surface area contributed by atoms with Gasteiger partial charge in [0.15, 0.2) is 0 Å². The van der Waals surface area contributed by atoms with Crippen LogP contribution in [0.5, 0.6) is 0 Å². The third kappa shape index (κ3) is 3.21. The van der Waals surface area contributed by atoms with Crippen LogP contribution in [-0.2, 0) is 17.6 Å². The number of rotatable bonds is 5. The lowest BCUT2D eigenvalue weighted by Crippen LogP contribution is -2.41. The van der Waals surface area contributed by atoms with E-state index in [-0.39, 0.29) is 11.2 Å². The number of nitrogens with zero attached hydrogens (tertiary/aromatic N) is 1. The summed E-state index contributed by atoms with van der Waals surface area (Å²) in [6.45, 7) is 2.59. The molecule has 0 bridgehead atoms. The van der Waals surface area contributed by atoms with E-state index in [0.29, 0.717) is 13.0 Å². The fraction of sp³-hybridized carbons (Fsp3) is 0.625. The number of pyridine rings is 1. The summed E-state index contributed by atoms with van der Waals surface area (Å²) in [5.41, 5.74) is 7.71.